The number of methoxy groups -OCH3 is 1. The molecule has 1 aromatic carbocycles. The highest BCUT2D eigenvalue weighted by Gasteiger charge is 2.20. The van der Waals surface area contributed by atoms with Gasteiger partial charge in [-0.3, -0.25) is 4.72 Å². The van der Waals surface area contributed by atoms with Crippen LogP contribution in [0, 0.1) is 0 Å². The second-order valence-corrected chi connectivity index (χ2v) is 4.91. The molecule has 0 unspecified atom stereocenters. The van der Waals surface area contributed by atoms with Crippen LogP contribution in [0.2, 0.25) is 0 Å². The minimum Gasteiger partial charge on any atom is -0.454 e. The Morgan fingerprint density at radius 2 is 2.00 bits per heavy atom. The molecule has 0 fully saturated rings. The number of nitrogen functional groups attached to an aromatic ring is 1. The lowest BCUT2D eigenvalue weighted by Crippen LogP contribution is -2.35. The third kappa shape index (κ3) is 2.91. The highest BCUT2D eigenvalue weighted by Crippen LogP contribution is 2.38. The Balaban J connectivity index is 2.22. The van der Waals surface area contributed by atoms with Crippen LogP contribution in [0.1, 0.15) is 0 Å². The van der Waals surface area contributed by atoms with Crippen molar-refractivity contribution in [1.82, 2.24) is 4.72 Å². The normalized spacial score (nSPS) is 12.9. The molecule has 0 saturated heterocycles. The summed E-state index contributed by atoms with van der Waals surface area (Å²) >= 11 is 0. The minimum atomic E-state index is -4.14. The molecule has 104 valence electrons. The van der Waals surface area contributed by atoms with Crippen LogP contribution in [-0.4, -0.2) is 28.4 Å². The van der Waals surface area contributed by atoms with E-state index in [1.54, 1.807) is 4.72 Å². The van der Waals surface area contributed by atoms with Crippen molar-refractivity contribution in [2.24, 2.45) is 0 Å². The van der Waals surface area contributed by atoms with Gasteiger partial charge in [0.1, 0.15) is 0 Å². The molecule has 0 aromatic heterocycles. The summed E-state index contributed by atoms with van der Waals surface area (Å²) in [5.41, 5.74) is 5.84. The van der Waals surface area contributed by atoms with Crippen LogP contribution >= 0.6 is 0 Å². The number of carbonyl (C=O) groups excluding carboxylic acids is 1. The fourth-order valence-electron chi connectivity index (χ4n) is 1.37. The Bertz CT molecular complexity index is 615. The Hall–Kier alpha value is -2.36. The van der Waals surface area contributed by atoms with Gasteiger partial charge in [0.15, 0.2) is 11.5 Å². The lowest BCUT2D eigenvalue weighted by Gasteiger charge is -2.11. The topological polar surface area (TPSA) is 129 Å². The van der Waals surface area contributed by atoms with Gasteiger partial charge in [0.25, 0.3) is 0 Å². The predicted molar refractivity (Wildman–Crippen MR) is 65.1 cm³/mol. The van der Waals surface area contributed by atoms with Gasteiger partial charge in [0.2, 0.25) is 6.79 Å². The summed E-state index contributed by atoms with van der Waals surface area (Å²) < 4.78 is 41.2. The molecule has 1 amide bonds. The van der Waals surface area contributed by atoms with Crippen molar-refractivity contribution < 1.29 is 27.4 Å². The van der Waals surface area contributed by atoms with E-state index < -0.39 is 16.3 Å². The quantitative estimate of drug-likeness (QED) is 0.668. The van der Waals surface area contributed by atoms with Crippen molar-refractivity contribution in [3.63, 3.8) is 0 Å². The summed E-state index contributed by atoms with van der Waals surface area (Å²) in [7, 11) is -3.10. The minimum absolute atomic E-state index is 0.0331. The monoisotopic (exact) mass is 289 g/mol. The highest BCUT2D eigenvalue weighted by molar-refractivity contribution is 7.91. The van der Waals surface area contributed by atoms with Crippen LogP contribution in [0.25, 0.3) is 0 Å². The molecule has 0 spiro atoms. The van der Waals surface area contributed by atoms with Gasteiger partial charge < -0.3 is 19.9 Å². The van der Waals surface area contributed by atoms with Crippen molar-refractivity contribution in [3.05, 3.63) is 12.1 Å². The molecule has 0 aliphatic carbocycles. The Morgan fingerprint density at radius 1 is 1.37 bits per heavy atom. The van der Waals surface area contributed by atoms with Crippen LogP contribution in [0.15, 0.2) is 12.1 Å². The molecule has 0 saturated carbocycles. The summed E-state index contributed by atoms with van der Waals surface area (Å²) in [5, 5.41) is 0. The maximum absolute atomic E-state index is 11.6. The molecule has 1 aliphatic heterocycles. The van der Waals surface area contributed by atoms with Crippen LogP contribution in [0.5, 0.6) is 11.5 Å². The molecule has 9 nitrogen and oxygen atoms in total. The Labute approximate surface area is 108 Å². The van der Waals surface area contributed by atoms with Crippen molar-refractivity contribution in [3.8, 4) is 11.5 Å². The molecule has 0 atom stereocenters. The molecule has 0 radical (unpaired) electrons. The van der Waals surface area contributed by atoms with E-state index in [9.17, 15) is 13.2 Å². The van der Waals surface area contributed by atoms with Gasteiger partial charge in [-0.05, 0) is 0 Å². The van der Waals surface area contributed by atoms with E-state index in [2.05, 4.69) is 9.46 Å². The second kappa shape index (κ2) is 4.72. The smallest absolute Gasteiger partial charge is 0.422 e. The number of hydrogen-bond acceptors (Lipinski definition) is 7. The van der Waals surface area contributed by atoms with Crippen molar-refractivity contribution in [1.29, 1.82) is 0 Å². The number of carbonyl (C=O) groups is 1. The number of amides is 1. The molecule has 1 heterocycles. The Kier molecular flexibility index (Phi) is 3.25. The zero-order valence-corrected chi connectivity index (χ0v) is 10.6. The molecule has 2 rings (SSSR count). The number of nitrogens with one attached hydrogen (secondary N) is 2. The molecular formula is C9H11N3O6S. The predicted octanol–water partition coefficient (Wildman–Crippen LogP) is 0.0102. The summed E-state index contributed by atoms with van der Waals surface area (Å²) in [6.45, 7) is 0.0331. The average Bonchev–Trinajstić information content (AvgIpc) is 2.75. The highest BCUT2D eigenvalue weighted by atomic mass is 32.2. The maximum Gasteiger partial charge on any atom is 0.422 e. The van der Waals surface area contributed by atoms with E-state index in [1.807, 2.05) is 0 Å². The molecule has 0 bridgehead atoms. The fourth-order valence-corrected chi connectivity index (χ4v) is 2.19. The van der Waals surface area contributed by atoms with E-state index in [0.29, 0.717) is 11.5 Å². The van der Waals surface area contributed by atoms with Crippen LogP contribution in [0.4, 0.5) is 16.2 Å². The van der Waals surface area contributed by atoms with Crippen LogP contribution < -0.4 is 24.7 Å². The zero-order chi connectivity index (χ0) is 14.0. The molecule has 1 aliphatic rings. The standard InChI is InChI=1S/C9H11N3O6S/c1-16-9(13)12-19(14,15)11-6-3-8-7(2-5(6)10)17-4-18-8/h2-3,11H,4,10H2,1H3,(H,12,13). The lowest BCUT2D eigenvalue weighted by molar-refractivity contribution is 0.174. The van der Waals surface area contributed by atoms with Gasteiger partial charge in [0, 0.05) is 12.1 Å². The van der Waals surface area contributed by atoms with Gasteiger partial charge in [-0.25, -0.2) is 9.52 Å². The molecule has 10 heteroatoms. The largest absolute Gasteiger partial charge is 0.454 e. The molecule has 1 aromatic rings. The number of nitrogens with two attached hydrogens (primary N) is 1. The van der Waals surface area contributed by atoms with Gasteiger partial charge in [-0.1, -0.05) is 0 Å². The summed E-state index contributed by atoms with van der Waals surface area (Å²) in [4.78, 5) is 10.9. The van der Waals surface area contributed by atoms with E-state index in [-0.39, 0.29) is 18.2 Å². The second-order valence-electron chi connectivity index (χ2n) is 3.49. The van der Waals surface area contributed by atoms with E-state index in [0.717, 1.165) is 7.11 Å². The maximum atomic E-state index is 11.6. The number of anilines is 2. The number of fused-ring (bicyclic) bond motifs is 1. The van der Waals surface area contributed by atoms with Crippen molar-refractivity contribution in [2.45, 2.75) is 0 Å². The molecule has 19 heavy (non-hydrogen) atoms. The first kappa shape index (κ1) is 13.1. The first-order valence-corrected chi connectivity index (χ1v) is 6.47. The third-order valence-electron chi connectivity index (χ3n) is 2.19. The first-order chi connectivity index (χ1) is 8.91. The van der Waals surface area contributed by atoms with Crippen LogP contribution in [0.3, 0.4) is 0 Å². The SMILES string of the molecule is COC(=O)NS(=O)(=O)Nc1cc2c(cc1N)OCO2. The van der Waals surface area contributed by atoms with Crippen molar-refractivity contribution >= 4 is 27.7 Å². The average molecular weight is 289 g/mol. The summed E-state index contributed by atoms with van der Waals surface area (Å²) in [6, 6.07) is 2.77. The number of hydrogen-bond donors (Lipinski definition) is 3. The number of rotatable bonds is 3. The van der Waals surface area contributed by atoms with Gasteiger partial charge in [0.05, 0.1) is 18.5 Å². The van der Waals surface area contributed by atoms with Gasteiger partial charge in [-0.2, -0.15) is 8.42 Å². The molecular weight excluding hydrogens is 278 g/mol. The Morgan fingerprint density at radius 3 is 2.63 bits per heavy atom. The lowest BCUT2D eigenvalue weighted by atomic mass is 10.2. The number of benzene rings is 1. The van der Waals surface area contributed by atoms with Gasteiger partial charge in [-0.15, -0.1) is 0 Å². The zero-order valence-electron chi connectivity index (χ0n) is 9.80. The van der Waals surface area contributed by atoms with Crippen molar-refractivity contribution in [2.75, 3.05) is 24.4 Å². The van der Waals surface area contributed by atoms with E-state index >= 15 is 0 Å². The summed E-state index contributed by atoms with van der Waals surface area (Å²) in [5.74, 6) is 0.770. The van der Waals surface area contributed by atoms with E-state index in [1.165, 1.54) is 12.1 Å². The van der Waals surface area contributed by atoms with E-state index in [4.69, 9.17) is 15.2 Å². The fraction of sp³-hybridized carbons (Fsp3) is 0.222. The van der Waals surface area contributed by atoms with Crippen LogP contribution in [-0.2, 0) is 14.9 Å². The molecule has 4 N–H and O–H groups in total. The summed E-state index contributed by atoms with van der Waals surface area (Å²) in [6.07, 6.45) is -1.12. The number of ether oxygens (including phenoxy) is 3. The third-order valence-corrected chi connectivity index (χ3v) is 3.12. The van der Waals surface area contributed by atoms with Gasteiger partial charge >= 0.3 is 16.3 Å². The first-order valence-electron chi connectivity index (χ1n) is 4.99.